The van der Waals surface area contributed by atoms with Crippen molar-refractivity contribution in [3.63, 3.8) is 0 Å². The van der Waals surface area contributed by atoms with Crippen LogP contribution in [-0.2, 0) is 4.79 Å². The molecule has 0 aromatic heterocycles. The molecule has 0 aliphatic heterocycles. The Bertz CT molecular complexity index is 399. The SMILES string of the molecule is O=C(O)C1=CC([N+](=O)[O-])=C(F)C(F)(F)C1. The van der Waals surface area contributed by atoms with Gasteiger partial charge in [-0.15, -0.1) is 0 Å². The monoisotopic (exact) mass is 223 g/mol. The van der Waals surface area contributed by atoms with Crippen molar-refractivity contribution in [2.75, 3.05) is 0 Å². The molecule has 1 rings (SSSR count). The van der Waals surface area contributed by atoms with Gasteiger partial charge < -0.3 is 5.11 Å². The number of hydrogen-bond acceptors (Lipinski definition) is 3. The Labute approximate surface area is 80.6 Å². The number of nitrogens with zero attached hydrogens (tertiary/aromatic N) is 1. The zero-order valence-electron chi connectivity index (χ0n) is 7.04. The molecule has 82 valence electrons. The fourth-order valence-corrected chi connectivity index (χ4v) is 1.05. The number of nitro groups is 1. The highest BCUT2D eigenvalue weighted by Gasteiger charge is 2.46. The minimum Gasteiger partial charge on any atom is -0.478 e. The van der Waals surface area contributed by atoms with Crippen LogP contribution < -0.4 is 0 Å². The van der Waals surface area contributed by atoms with E-state index < -0.39 is 40.3 Å². The van der Waals surface area contributed by atoms with E-state index >= 15 is 0 Å². The molecule has 0 aromatic rings. The third-order valence-electron chi connectivity index (χ3n) is 1.74. The highest BCUT2D eigenvalue weighted by Crippen LogP contribution is 2.38. The second kappa shape index (κ2) is 3.37. The van der Waals surface area contributed by atoms with Crippen LogP contribution in [0.25, 0.3) is 0 Å². The Kier molecular flexibility index (Phi) is 2.52. The van der Waals surface area contributed by atoms with Crippen molar-refractivity contribution in [2.45, 2.75) is 12.3 Å². The number of carboxylic acid groups (broad SMARTS) is 1. The summed E-state index contributed by atoms with van der Waals surface area (Å²) in [7, 11) is 0. The summed E-state index contributed by atoms with van der Waals surface area (Å²) in [6, 6.07) is 0. The van der Waals surface area contributed by atoms with E-state index in [9.17, 15) is 28.1 Å². The number of rotatable bonds is 2. The summed E-state index contributed by atoms with van der Waals surface area (Å²) in [4.78, 5) is 19.1. The highest BCUT2D eigenvalue weighted by molar-refractivity contribution is 5.87. The van der Waals surface area contributed by atoms with E-state index in [-0.39, 0.29) is 0 Å². The van der Waals surface area contributed by atoms with Gasteiger partial charge in [-0.25, -0.2) is 4.79 Å². The lowest BCUT2D eigenvalue weighted by atomic mass is 9.99. The standard InChI is InChI=1S/C7H4F3NO4/c8-5-4(11(14)15)1-3(6(12)13)2-7(5,9)10/h1H,2H2,(H,12,13). The summed E-state index contributed by atoms with van der Waals surface area (Å²) in [5, 5.41) is 18.5. The van der Waals surface area contributed by atoms with Crippen LogP contribution in [0.5, 0.6) is 0 Å². The number of carbonyl (C=O) groups is 1. The van der Waals surface area contributed by atoms with Crippen LogP contribution >= 0.6 is 0 Å². The van der Waals surface area contributed by atoms with Gasteiger partial charge in [0.15, 0.2) is 0 Å². The smallest absolute Gasteiger partial charge is 0.332 e. The van der Waals surface area contributed by atoms with Crippen LogP contribution in [0.4, 0.5) is 13.2 Å². The van der Waals surface area contributed by atoms with Crippen LogP contribution in [0.15, 0.2) is 23.2 Å². The number of halogens is 3. The number of alkyl halides is 2. The predicted octanol–water partition coefficient (Wildman–Crippen LogP) is 1.49. The first-order valence-corrected chi connectivity index (χ1v) is 3.62. The second-order valence-electron chi connectivity index (χ2n) is 2.81. The maximum absolute atomic E-state index is 12.8. The molecule has 0 bridgehead atoms. The van der Waals surface area contributed by atoms with E-state index in [0.717, 1.165) is 0 Å². The molecule has 0 fully saturated rings. The Morgan fingerprint density at radius 2 is 2.13 bits per heavy atom. The van der Waals surface area contributed by atoms with Gasteiger partial charge in [0.2, 0.25) is 5.83 Å². The van der Waals surface area contributed by atoms with Crippen molar-refractivity contribution >= 4 is 5.97 Å². The van der Waals surface area contributed by atoms with Crippen LogP contribution in [-0.4, -0.2) is 21.9 Å². The van der Waals surface area contributed by atoms with Crippen molar-refractivity contribution in [3.05, 3.63) is 33.3 Å². The van der Waals surface area contributed by atoms with Crippen LogP contribution in [0.1, 0.15) is 6.42 Å². The molecule has 15 heavy (non-hydrogen) atoms. The van der Waals surface area contributed by atoms with E-state index in [2.05, 4.69) is 0 Å². The number of hydrogen-bond donors (Lipinski definition) is 1. The Hall–Kier alpha value is -1.86. The quantitative estimate of drug-likeness (QED) is 0.568. The van der Waals surface area contributed by atoms with Gasteiger partial charge in [0.25, 0.3) is 0 Å². The molecule has 1 aliphatic rings. The summed E-state index contributed by atoms with van der Waals surface area (Å²) < 4.78 is 38.3. The Morgan fingerprint density at radius 3 is 2.53 bits per heavy atom. The lowest BCUT2D eigenvalue weighted by molar-refractivity contribution is -0.423. The van der Waals surface area contributed by atoms with Crippen molar-refractivity contribution in [1.82, 2.24) is 0 Å². The summed E-state index contributed by atoms with van der Waals surface area (Å²) in [5.41, 5.74) is -2.41. The van der Waals surface area contributed by atoms with Gasteiger partial charge in [-0.05, 0) is 0 Å². The van der Waals surface area contributed by atoms with Crippen LogP contribution in [0, 0.1) is 10.1 Å². The predicted molar refractivity (Wildman–Crippen MR) is 40.4 cm³/mol. The van der Waals surface area contributed by atoms with Gasteiger partial charge in [-0.2, -0.15) is 13.2 Å². The molecule has 0 atom stereocenters. The maximum atomic E-state index is 12.8. The lowest BCUT2D eigenvalue weighted by Gasteiger charge is -2.17. The van der Waals surface area contributed by atoms with Gasteiger partial charge in [0, 0.05) is 6.08 Å². The van der Waals surface area contributed by atoms with Crippen molar-refractivity contribution in [2.24, 2.45) is 0 Å². The third-order valence-corrected chi connectivity index (χ3v) is 1.74. The molecular weight excluding hydrogens is 219 g/mol. The van der Waals surface area contributed by atoms with Crippen molar-refractivity contribution in [1.29, 1.82) is 0 Å². The molecule has 0 amide bonds. The van der Waals surface area contributed by atoms with Gasteiger partial charge in [-0.1, -0.05) is 0 Å². The molecule has 5 nitrogen and oxygen atoms in total. The second-order valence-corrected chi connectivity index (χ2v) is 2.81. The number of aliphatic carboxylic acids is 1. The summed E-state index contributed by atoms with van der Waals surface area (Å²) in [6.45, 7) is 0. The van der Waals surface area contributed by atoms with Crippen molar-refractivity contribution < 1.29 is 28.0 Å². The maximum Gasteiger partial charge on any atom is 0.332 e. The minimum absolute atomic E-state index is 0.301. The molecule has 0 radical (unpaired) electrons. The lowest BCUT2D eigenvalue weighted by Crippen LogP contribution is -2.27. The average Bonchev–Trinajstić information content (AvgIpc) is 2.08. The van der Waals surface area contributed by atoms with Gasteiger partial charge in [0.1, 0.15) is 0 Å². The third kappa shape index (κ3) is 1.97. The average molecular weight is 223 g/mol. The van der Waals surface area contributed by atoms with Crippen molar-refractivity contribution in [3.8, 4) is 0 Å². The summed E-state index contributed by atoms with van der Waals surface area (Å²) >= 11 is 0. The molecule has 0 heterocycles. The zero-order valence-corrected chi connectivity index (χ0v) is 7.04. The van der Waals surface area contributed by atoms with E-state index in [0.29, 0.717) is 6.08 Å². The molecule has 1 aliphatic carbocycles. The number of carboxylic acids is 1. The molecular formula is C7H4F3NO4. The molecule has 0 unspecified atom stereocenters. The fraction of sp³-hybridized carbons (Fsp3) is 0.286. The molecule has 8 heteroatoms. The van der Waals surface area contributed by atoms with Gasteiger partial charge in [0.05, 0.1) is 16.9 Å². The van der Waals surface area contributed by atoms with Gasteiger partial charge >= 0.3 is 17.6 Å². The Morgan fingerprint density at radius 1 is 1.60 bits per heavy atom. The topological polar surface area (TPSA) is 80.4 Å². The first-order chi connectivity index (χ1) is 6.75. The molecule has 0 spiro atoms. The highest BCUT2D eigenvalue weighted by atomic mass is 19.3. The minimum atomic E-state index is -4.13. The first-order valence-electron chi connectivity index (χ1n) is 3.62. The molecule has 0 aromatic carbocycles. The van der Waals surface area contributed by atoms with Crippen LogP contribution in [0.2, 0.25) is 0 Å². The molecule has 1 N–H and O–H groups in total. The Balaban J connectivity index is 3.30. The fourth-order valence-electron chi connectivity index (χ4n) is 1.05. The largest absolute Gasteiger partial charge is 0.478 e. The zero-order chi connectivity index (χ0) is 11.8. The molecule has 0 saturated carbocycles. The van der Waals surface area contributed by atoms with E-state index in [1.165, 1.54) is 0 Å². The van der Waals surface area contributed by atoms with E-state index in [4.69, 9.17) is 5.11 Å². The first kappa shape index (κ1) is 11.2. The normalized spacial score (nSPS) is 19.8. The molecule has 0 saturated heterocycles. The summed E-state index contributed by atoms with van der Waals surface area (Å²) in [5.74, 6) is -8.08. The number of allylic oxidation sites excluding steroid dienone is 2. The van der Waals surface area contributed by atoms with Crippen LogP contribution in [0.3, 0.4) is 0 Å². The van der Waals surface area contributed by atoms with E-state index in [1.807, 2.05) is 0 Å². The van der Waals surface area contributed by atoms with E-state index in [1.54, 1.807) is 0 Å². The summed E-state index contributed by atoms with van der Waals surface area (Å²) in [6.07, 6.45) is -1.08. The van der Waals surface area contributed by atoms with Gasteiger partial charge in [-0.3, -0.25) is 10.1 Å².